The van der Waals surface area contributed by atoms with Crippen LogP contribution in [0.25, 0.3) is 10.9 Å². The molecule has 1 heterocycles. The number of carbonyl (C=O) groups excluding carboxylic acids is 1. The summed E-state index contributed by atoms with van der Waals surface area (Å²) in [7, 11) is 0. The number of nitrogens with zero attached hydrogens (tertiary/aromatic N) is 2. The number of ether oxygens (including phenoxy) is 1. The number of nitriles is 1. The lowest BCUT2D eigenvalue weighted by Gasteiger charge is -2.13. The van der Waals surface area contributed by atoms with Crippen LogP contribution >= 0.6 is 0 Å². The number of aromatic nitrogens is 1. The molecule has 0 aliphatic rings. The van der Waals surface area contributed by atoms with Gasteiger partial charge in [0.05, 0.1) is 11.6 Å². The van der Waals surface area contributed by atoms with Crippen LogP contribution in [0.1, 0.15) is 28.0 Å². The highest BCUT2D eigenvalue weighted by molar-refractivity contribution is 5.99. The van der Waals surface area contributed by atoms with Gasteiger partial charge >= 0.3 is 6.36 Å². The second-order valence-electron chi connectivity index (χ2n) is 6.53. The summed E-state index contributed by atoms with van der Waals surface area (Å²) in [6, 6.07) is 14.1. The van der Waals surface area contributed by atoms with Crippen LogP contribution in [-0.4, -0.2) is 35.1 Å². The Morgan fingerprint density at radius 2 is 2.00 bits per heavy atom. The molecular weight excluding hydrogens is 399 g/mol. The highest BCUT2D eigenvalue weighted by Gasteiger charge is 2.31. The van der Waals surface area contributed by atoms with Gasteiger partial charge in [0.1, 0.15) is 11.4 Å². The topological polar surface area (TPSA) is 87.3 Å². The van der Waals surface area contributed by atoms with Crippen LogP contribution in [0.2, 0.25) is 0 Å². The second kappa shape index (κ2) is 8.88. The van der Waals surface area contributed by atoms with Gasteiger partial charge in [0.2, 0.25) is 0 Å². The van der Waals surface area contributed by atoms with Crippen molar-refractivity contribution in [2.24, 2.45) is 0 Å². The molecule has 1 amide bonds. The molecule has 0 radical (unpaired) electrons. The first-order valence-electron chi connectivity index (χ1n) is 9.08. The Kier molecular flexibility index (Phi) is 6.28. The van der Waals surface area contributed by atoms with Crippen molar-refractivity contribution < 1.29 is 27.8 Å². The maximum absolute atomic E-state index is 12.7. The average molecular weight is 417 g/mol. The standard InChI is InChI=1S/C21H18F3N3O3/c22-21(23,24)30-17-4-1-3-15(10-17)13-27-18-6-5-14(12-25)9-16(18)11-19(27)20(29)26-7-2-8-28/h1,3-6,9-11,28H,2,7-8,13H2,(H,26,29). The Morgan fingerprint density at radius 3 is 2.70 bits per heavy atom. The molecule has 0 fully saturated rings. The maximum atomic E-state index is 12.7. The Bertz CT molecular complexity index is 1100. The van der Waals surface area contributed by atoms with Crippen molar-refractivity contribution in [3.8, 4) is 11.8 Å². The normalized spacial score (nSPS) is 11.3. The molecule has 0 aliphatic heterocycles. The molecule has 1 aromatic heterocycles. The number of hydrogen-bond donors (Lipinski definition) is 2. The fourth-order valence-electron chi connectivity index (χ4n) is 3.09. The van der Waals surface area contributed by atoms with Crippen LogP contribution in [0.3, 0.4) is 0 Å². The number of halogens is 3. The number of aliphatic hydroxyl groups excluding tert-OH is 1. The first-order chi connectivity index (χ1) is 14.3. The van der Waals surface area contributed by atoms with Gasteiger partial charge in [-0.3, -0.25) is 4.79 Å². The number of fused-ring (bicyclic) bond motifs is 1. The van der Waals surface area contributed by atoms with Gasteiger partial charge in [-0.25, -0.2) is 0 Å². The summed E-state index contributed by atoms with van der Waals surface area (Å²) in [5.74, 6) is -0.738. The van der Waals surface area contributed by atoms with Crippen molar-refractivity contribution in [3.63, 3.8) is 0 Å². The molecule has 0 saturated heterocycles. The predicted octanol–water partition coefficient (Wildman–Crippen LogP) is 3.57. The highest BCUT2D eigenvalue weighted by Crippen LogP contribution is 2.26. The van der Waals surface area contributed by atoms with Crippen molar-refractivity contribution in [2.45, 2.75) is 19.3 Å². The van der Waals surface area contributed by atoms with E-state index in [1.54, 1.807) is 34.9 Å². The number of carbonyl (C=O) groups is 1. The third kappa shape index (κ3) is 5.10. The van der Waals surface area contributed by atoms with E-state index in [-0.39, 0.29) is 31.4 Å². The monoisotopic (exact) mass is 417 g/mol. The third-order valence-corrected chi connectivity index (χ3v) is 4.36. The summed E-state index contributed by atoms with van der Waals surface area (Å²) >= 11 is 0. The minimum atomic E-state index is -4.80. The zero-order chi connectivity index (χ0) is 21.7. The van der Waals surface area contributed by atoms with Crippen molar-refractivity contribution in [1.29, 1.82) is 5.26 Å². The lowest BCUT2D eigenvalue weighted by atomic mass is 10.1. The van der Waals surface area contributed by atoms with Crippen molar-refractivity contribution in [1.82, 2.24) is 9.88 Å². The molecule has 9 heteroatoms. The molecule has 0 unspecified atom stereocenters. The summed E-state index contributed by atoms with van der Waals surface area (Å²) in [4.78, 5) is 12.7. The summed E-state index contributed by atoms with van der Waals surface area (Å²) in [5.41, 5.74) is 1.87. The van der Waals surface area contributed by atoms with Gasteiger partial charge in [-0.2, -0.15) is 5.26 Å². The summed E-state index contributed by atoms with van der Waals surface area (Å²) in [6.45, 7) is 0.323. The van der Waals surface area contributed by atoms with Crippen LogP contribution in [0.5, 0.6) is 5.75 Å². The molecule has 2 aromatic carbocycles. The number of hydrogen-bond acceptors (Lipinski definition) is 4. The van der Waals surface area contributed by atoms with Gasteiger partial charge in [0.25, 0.3) is 5.91 Å². The average Bonchev–Trinajstić information content (AvgIpc) is 3.04. The molecule has 0 aliphatic carbocycles. The Balaban J connectivity index is 1.99. The van der Waals surface area contributed by atoms with E-state index < -0.39 is 6.36 Å². The number of aliphatic hydroxyl groups is 1. The van der Waals surface area contributed by atoms with Gasteiger partial charge in [-0.15, -0.1) is 13.2 Å². The van der Waals surface area contributed by atoms with E-state index in [1.807, 2.05) is 6.07 Å². The third-order valence-electron chi connectivity index (χ3n) is 4.36. The van der Waals surface area contributed by atoms with Crippen molar-refractivity contribution >= 4 is 16.8 Å². The van der Waals surface area contributed by atoms with Crippen LogP contribution < -0.4 is 10.1 Å². The van der Waals surface area contributed by atoms with Gasteiger partial charge in [-0.05, 0) is 48.4 Å². The molecule has 156 valence electrons. The van der Waals surface area contributed by atoms with Gasteiger partial charge in [-0.1, -0.05) is 12.1 Å². The minimum absolute atomic E-state index is 0.0687. The van der Waals surface area contributed by atoms with E-state index in [0.29, 0.717) is 34.1 Å². The van der Waals surface area contributed by atoms with Gasteiger partial charge in [0, 0.05) is 30.6 Å². The van der Waals surface area contributed by atoms with E-state index >= 15 is 0 Å². The van der Waals surface area contributed by atoms with Crippen LogP contribution in [-0.2, 0) is 6.54 Å². The van der Waals surface area contributed by atoms with E-state index in [2.05, 4.69) is 10.1 Å². The zero-order valence-corrected chi connectivity index (χ0v) is 15.7. The minimum Gasteiger partial charge on any atom is -0.406 e. The molecule has 0 atom stereocenters. The van der Waals surface area contributed by atoms with E-state index in [1.165, 1.54) is 18.2 Å². The molecule has 0 saturated carbocycles. The Hall–Kier alpha value is -3.51. The van der Waals surface area contributed by atoms with E-state index in [4.69, 9.17) is 10.4 Å². The van der Waals surface area contributed by atoms with Crippen molar-refractivity contribution in [2.75, 3.05) is 13.2 Å². The molecule has 6 nitrogen and oxygen atoms in total. The summed E-state index contributed by atoms with van der Waals surface area (Å²) in [6.07, 6.45) is -4.41. The maximum Gasteiger partial charge on any atom is 0.573 e. The lowest BCUT2D eigenvalue weighted by Crippen LogP contribution is -2.27. The predicted molar refractivity (Wildman–Crippen MR) is 103 cm³/mol. The largest absolute Gasteiger partial charge is 0.573 e. The smallest absolute Gasteiger partial charge is 0.406 e. The lowest BCUT2D eigenvalue weighted by molar-refractivity contribution is -0.274. The molecule has 3 aromatic rings. The first-order valence-corrected chi connectivity index (χ1v) is 9.08. The van der Waals surface area contributed by atoms with Gasteiger partial charge < -0.3 is 19.7 Å². The summed E-state index contributed by atoms with van der Waals surface area (Å²) < 4.78 is 43.2. The fourth-order valence-corrected chi connectivity index (χ4v) is 3.09. The second-order valence-corrected chi connectivity index (χ2v) is 6.53. The molecule has 0 bridgehead atoms. The number of benzene rings is 2. The highest BCUT2D eigenvalue weighted by atomic mass is 19.4. The molecule has 0 spiro atoms. The number of rotatable bonds is 7. The summed E-state index contributed by atoms with van der Waals surface area (Å²) in [5, 5.41) is 21.4. The van der Waals surface area contributed by atoms with Crippen LogP contribution in [0.15, 0.2) is 48.5 Å². The molecule has 3 rings (SSSR count). The quantitative estimate of drug-likeness (QED) is 0.576. The Morgan fingerprint density at radius 1 is 1.20 bits per heavy atom. The van der Waals surface area contributed by atoms with E-state index in [0.717, 1.165) is 0 Å². The number of nitrogens with one attached hydrogen (secondary N) is 1. The molecule has 30 heavy (non-hydrogen) atoms. The number of amides is 1. The van der Waals surface area contributed by atoms with Gasteiger partial charge in [0.15, 0.2) is 0 Å². The molecule has 2 N–H and O–H groups in total. The zero-order valence-electron chi connectivity index (χ0n) is 15.7. The molecular formula is C21H18F3N3O3. The van der Waals surface area contributed by atoms with Crippen molar-refractivity contribution in [3.05, 3.63) is 65.4 Å². The number of alkyl halides is 3. The SMILES string of the molecule is N#Cc1ccc2c(c1)cc(C(=O)NCCCO)n2Cc1cccc(OC(F)(F)F)c1. The fraction of sp³-hybridized carbons (Fsp3) is 0.238. The van der Waals surface area contributed by atoms with Crippen LogP contribution in [0, 0.1) is 11.3 Å². The van der Waals surface area contributed by atoms with Crippen LogP contribution in [0.4, 0.5) is 13.2 Å². The first kappa shape index (κ1) is 21.2. The Labute approximate surface area is 170 Å². The van der Waals surface area contributed by atoms with E-state index in [9.17, 15) is 18.0 Å².